The van der Waals surface area contributed by atoms with Crippen molar-refractivity contribution < 1.29 is 9.21 Å². The summed E-state index contributed by atoms with van der Waals surface area (Å²) in [5.41, 5.74) is 5.45. The average molecular weight is 257 g/mol. The Balaban J connectivity index is 2.12. The van der Waals surface area contributed by atoms with Gasteiger partial charge in [-0.2, -0.15) is 0 Å². The van der Waals surface area contributed by atoms with E-state index in [9.17, 15) is 4.79 Å². The van der Waals surface area contributed by atoms with Crippen LogP contribution in [0.5, 0.6) is 0 Å². The molecule has 0 bridgehead atoms. The number of hydrogen-bond donors (Lipinski definition) is 1. The number of hydrogen-bond acceptors (Lipinski definition) is 2. The van der Waals surface area contributed by atoms with Gasteiger partial charge in [-0.1, -0.05) is 17.7 Å². The van der Waals surface area contributed by atoms with Crippen molar-refractivity contribution in [2.75, 3.05) is 0 Å². The lowest BCUT2D eigenvalue weighted by Gasteiger charge is -2.12. The normalized spacial score (nSPS) is 10.5. The predicted octanol–water partition coefficient (Wildman–Crippen LogP) is 3.44. The van der Waals surface area contributed by atoms with Crippen molar-refractivity contribution in [3.8, 4) is 0 Å². The second-order valence-corrected chi connectivity index (χ2v) is 4.95. The molecule has 0 atom stereocenters. The molecular weight excluding hydrogens is 238 g/mol. The van der Waals surface area contributed by atoms with Gasteiger partial charge in [0.1, 0.15) is 5.76 Å². The van der Waals surface area contributed by atoms with Crippen LogP contribution in [-0.2, 0) is 6.54 Å². The first-order valence-electron chi connectivity index (χ1n) is 6.38. The van der Waals surface area contributed by atoms with Gasteiger partial charge < -0.3 is 9.73 Å². The number of carbonyl (C=O) groups is 1. The van der Waals surface area contributed by atoms with E-state index >= 15 is 0 Å². The van der Waals surface area contributed by atoms with Crippen LogP contribution in [0.1, 0.15) is 38.4 Å². The van der Waals surface area contributed by atoms with Crippen LogP contribution in [-0.4, -0.2) is 5.91 Å². The van der Waals surface area contributed by atoms with Crippen molar-refractivity contribution in [2.24, 2.45) is 0 Å². The molecule has 0 spiro atoms. The van der Waals surface area contributed by atoms with Crippen LogP contribution in [0, 0.1) is 27.7 Å². The van der Waals surface area contributed by atoms with Gasteiger partial charge >= 0.3 is 0 Å². The lowest BCUT2D eigenvalue weighted by atomic mass is 10.00. The van der Waals surface area contributed by atoms with Crippen molar-refractivity contribution in [1.29, 1.82) is 0 Å². The summed E-state index contributed by atoms with van der Waals surface area (Å²) in [6, 6.07) is 5.97. The highest BCUT2D eigenvalue weighted by atomic mass is 16.3. The predicted molar refractivity (Wildman–Crippen MR) is 75.3 cm³/mol. The third-order valence-corrected chi connectivity index (χ3v) is 3.37. The van der Waals surface area contributed by atoms with Crippen molar-refractivity contribution in [2.45, 2.75) is 34.2 Å². The highest BCUT2D eigenvalue weighted by molar-refractivity contribution is 5.95. The zero-order valence-corrected chi connectivity index (χ0v) is 11.8. The van der Waals surface area contributed by atoms with Gasteiger partial charge in [-0.3, -0.25) is 4.79 Å². The fraction of sp³-hybridized carbons (Fsp3) is 0.312. The highest BCUT2D eigenvalue weighted by Gasteiger charge is 2.12. The summed E-state index contributed by atoms with van der Waals surface area (Å²) in [7, 11) is 0. The summed E-state index contributed by atoms with van der Waals surface area (Å²) in [4.78, 5) is 12.0. The molecule has 3 heteroatoms. The maximum atomic E-state index is 12.0. The lowest BCUT2D eigenvalue weighted by Crippen LogP contribution is -2.23. The number of nitrogens with one attached hydrogen (secondary N) is 1. The van der Waals surface area contributed by atoms with E-state index in [-0.39, 0.29) is 5.91 Å². The molecule has 0 aliphatic carbocycles. The van der Waals surface area contributed by atoms with Crippen LogP contribution in [0.25, 0.3) is 0 Å². The Labute approximate surface area is 113 Å². The Morgan fingerprint density at radius 1 is 1.16 bits per heavy atom. The third kappa shape index (κ3) is 2.87. The lowest BCUT2D eigenvalue weighted by molar-refractivity contribution is 0.0949. The molecule has 0 aliphatic heterocycles. The first-order chi connectivity index (χ1) is 8.99. The Kier molecular flexibility index (Phi) is 3.74. The molecule has 0 fully saturated rings. The highest BCUT2D eigenvalue weighted by Crippen LogP contribution is 2.16. The molecular formula is C16H19NO2. The van der Waals surface area contributed by atoms with E-state index in [1.165, 1.54) is 28.5 Å². The number of amides is 1. The SMILES string of the molecule is Cc1cc(C)c(CNC(=O)c2ccoc2C)c(C)c1. The Hall–Kier alpha value is -2.03. The van der Waals surface area contributed by atoms with Crippen LogP contribution in [0.2, 0.25) is 0 Å². The fourth-order valence-corrected chi connectivity index (χ4v) is 2.37. The summed E-state index contributed by atoms with van der Waals surface area (Å²) in [6.45, 7) is 8.56. The van der Waals surface area contributed by atoms with E-state index in [0.717, 1.165) is 0 Å². The van der Waals surface area contributed by atoms with Gasteiger partial charge in [0.2, 0.25) is 0 Å². The van der Waals surface area contributed by atoms with Gasteiger partial charge in [-0.15, -0.1) is 0 Å². The molecule has 0 radical (unpaired) electrons. The molecule has 0 saturated heterocycles. The fourth-order valence-electron chi connectivity index (χ4n) is 2.37. The van der Waals surface area contributed by atoms with Crippen LogP contribution < -0.4 is 5.32 Å². The number of rotatable bonds is 3. The van der Waals surface area contributed by atoms with Gasteiger partial charge in [0.25, 0.3) is 5.91 Å². The molecule has 1 aromatic carbocycles. The third-order valence-electron chi connectivity index (χ3n) is 3.37. The van der Waals surface area contributed by atoms with Gasteiger partial charge in [0.05, 0.1) is 11.8 Å². The molecule has 1 amide bonds. The standard InChI is InChI=1S/C16H19NO2/c1-10-7-11(2)15(12(3)8-10)9-17-16(18)14-5-6-19-13(14)4/h5-8H,9H2,1-4H3,(H,17,18). The second-order valence-electron chi connectivity index (χ2n) is 4.95. The maximum absolute atomic E-state index is 12.0. The molecule has 1 heterocycles. The molecule has 100 valence electrons. The zero-order valence-electron chi connectivity index (χ0n) is 11.8. The van der Waals surface area contributed by atoms with Crippen LogP contribution >= 0.6 is 0 Å². The van der Waals surface area contributed by atoms with Gasteiger partial charge in [0, 0.05) is 6.54 Å². The van der Waals surface area contributed by atoms with Gasteiger partial charge in [-0.25, -0.2) is 0 Å². The largest absolute Gasteiger partial charge is 0.469 e. The molecule has 3 nitrogen and oxygen atoms in total. The van der Waals surface area contributed by atoms with E-state index in [4.69, 9.17) is 4.42 Å². The molecule has 0 aliphatic rings. The quantitative estimate of drug-likeness (QED) is 0.915. The van der Waals surface area contributed by atoms with Crippen molar-refractivity contribution in [3.63, 3.8) is 0 Å². The summed E-state index contributed by atoms with van der Waals surface area (Å²) in [6.07, 6.45) is 1.53. The second kappa shape index (κ2) is 5.31. The van der Waals surface area contributed by atoms with Crippen molar-refractivity contribution in [3.05, 3.63) is 58.0 Å². The van der Waals surface area contributed by atoms with Crippen molar-refractivity contribution >= 4 is 5.91 Å². The Morgan fingerprint density at radius 3 is 2.32 bits per heavy atom. The van der Waals surface area contributed by atoms with Crippen molar-refractivity contribution in [1.82, 2.24) is 5.32 Å². The van der Waals surface area contributed by atoms with E-state index in [0.29, 0.717) is 17.9 Å². The molecule has 19 heavy (non-hydrogen) atoms. The minimum Gasteiger partial charge on any atom is -0.469 e. The number of carbonyl (C=O) groups excluding carboxylic acids is 1. The summed E-state index contributed by atoms with van der Waals surface area (Å²) in [5, 5.41) is 2.94. The van der Waals surface area contributed by atoms with Gasteiger partial charge in [0.15, 0.2) is 0 Å². The number of aryl methyl sites for hydroxylation is 4. The summed E-state index contributed by atoms with van der Waals surface area (Å²) >= 11 is 0. The minimum absolute atomic E-state index is 0.0920. The Bertz CT molecular complexity index is 588. The van der Waals surface area contributed by atoms with Gasteiger partial charge in [-0.05, 0) is 50.5 Å². The van der Waals surface area contributed by atoms with Crippen LogP contribution in [0.3, 0.4) is 0 Å². The molecule has 2 rings (SSSR count). The Morgan fingerprint density at radius 2 is 1.79 bits per heavy atom. The first kappa shape index (κ1) is 13.4. The summed E-state index contributed by atoms with van der Waals surface area (Å²) in [5.74, 6) is 0.556. The topological polar surface area (TPSA) is 42.2 Å². The molecule has 0 saturated carbocycles. The first-order valence-corrected chi connectivity index (χ1v) is 6.38. The van der Waals surface area contributed by atoms with E-state index in [1.807, 2.05) is 0 Å². The molecule has 2 aromatic rings. The monoisotopic (exact) mass is 257 g/mol. The minimum atomic E-state index is -0.0920. The number of furan rings is 1. The molecule has 0 unspecified atom stereocenters. The van der Waals surface area contributed by atoms with E-state index in [1.54, 1.807) is 13.0 Å². The van der Waals surface area contributed by atoms with E-state index < -0.39 is 0 Å². The number of benzene rings is 1. The molecule has 1 N–H and O–H groups in total. The maximum Gasteiger partial charge on any atom is 0.255 e. The molecule has 1 aromatic heterocycles. The van der Waals surface area contributed by atoms with Crippen LogP contribution in [0.4, 0.5) is 0 Å². The zero-order chi connectivity index (χ0) is 14.0. The average Bonchev–Trinajstić information content (AvgIpc) is 2.73. The van der Waals surface area contributed by atoms with E-state index in [2.05, 4.69) is 38.2 Å². The van der Waals surface area contributed by atoms with Crippen LogP contribution in [0.15, 0.2) is 28.9 Å². The smallest absolute Gasteiger partial charge is 0.255 e. The summed E-state index contributed by atoms with van der Waals surface area (Å²) < 4.78 is 5.14.